The summed E-state index contributed by atoms with van der Waals surface area (Å²) in [5.74, 6) is 0.835. The number of unbranched alkanes of at least 4 members (excludes halogenated alkanes) is 31. The van der Waals surface area contributed by atoms with Crippen molar-refractivity contribution in [3.05, 3.63) is 0 Å². The van der Waals surface area contributed by atoms with Crippen molar-refractivity contribution in [3.63, 3.8) is 0 Å². The monoisotopic (exact) mass is 1300 g/mol. The summed E-state index contributed by atoms with van der Waals surface area (Å²) in [7, 11) is -9.90. The number of carbonyl (C=O) groups is 4. The molecule has 0 aromatic heterocycles. The van der Waals surface area contributed by atoms with E-state index in [9.17, 15) is 43.2 Å². The molecule has 0 aliphatic rings. The van der Waals surface area contributed by atoms with Crippen molar-refractivity contribution in [1.29, 1.82) is 0 Å². The van der Waals surface area contributed by atoms with Crippen LogP contribution in [0.4, 0.5) is 0 Å². The Hall–Kier alpha value is -1.94. The molecule has 0 bridgehead atoms. The summed E-state index contributed by atoms with van der Waals surface area (Å²) < 4.78 is 68.2. The van der Waals surface area contributed by atoms with Gasteiger partial charge in [-0.05, 0) is 49.4 Å². The summed E-state index contributed by atoms with van der Waals surface area (Å²) in [5, 5.41) is 10.6. The SMILES string of the molecule is CCC(C)CCCCCCCCCCCCC(=O)O[C@H](COC(=O)CCCCCCCCCCCCCC(C)C)COP(=O)(O)OCC(O)COP(=O)(O)OC[C@@H](COC(=O)CCCCCCCCCCC(C)C)OC(=O)CCCCCCCCC(C)C. The first-order valence-electron chi connectivity index (χ1n) is 35.7. The minimum Gasteiger partial charge on any atom is -0.462 e. The van der Waals surface area contributed by atoms with E-state index in [2.05, 4.69) is 55.4 Å². The normalized spacial score (nSPS) is 14.6. The molecule has 17 nitrogen and oxygen atoms in total. The molecule has 0 aliphatic heterocycles. The number of hydrogen-bond donors (Lipinski definition) is 3. The Balaban J connectivity index is 5.25. The van der Waals surface area contributed by atoms with Crippen molar-refractivity contribution in [2.75, 3.05) is 39.6 Å². The molecule has 0 heterocycles. The first-order chi connectivity index (χ1) is 42.1. The molecule has 6 atom stereocenters. The van der Waals surface area contributed by atoms with Gasteiger partial charge in [0.1, 0.15) is 19.3 Å². The van der Waals surface area contributed by atoms with E-state index in [1.165, 1.54) is 141 Å². The number of carbonyl (C=O) groups excluding carboxylic acids is 4. The Labute approximate surface area is 537 Å². The molecule has 522 valence electrons. The fourth-order valence-corrected chi connectivity index (χ4v) is 11.9. The number of ether oxygens (including phenoxy) is 4. The highest BCUT2D eigenvalue weighted by Gasteiger charge is 2.30. The Kier molecular flexibility index (Phi) is 57.6. The summed E-state index contributed by atoms with van der Waals surface area (Å²) in [5.41, 5.74) is 0. The van der Waals surface area contributed by atoms with Gasteiger partial charge in [-0.25, -0.2) is 9.13 Å². The minimum absolute atomic E-state index is 0.101. The summed E-state index contributed by atoms with van der Waals surface area (Å²) in [4.78, 5) is 72.4. The van der Waals surface area contributed by atoms with Crippen LogP contribution in [0.15, 0.2) is 0 Å². The van der Waals surface area contributed by atoms with E-state index in [1.54, 1.807) is 0 Å². The highest BCUT2D eigenvalue weighted by atomic mass is 31.2. The van der Waals surface area contributed by atoms with E-state index in [1.807, 2.05) is 0 Å². The third kappa shape index (κ3) is 61.6. The lowest BCUT2D eigenvalue weighted by molar-refractivity contribution is -0.161. The van der Waals surface area contributed by atoms with Crippen LogP contribution in [-0.2, 0) is 65.4 Å². The van der Waals surface area contributed by atoms with Gasteiger partial charge in [0, 0.05) is 25.7 Å². The number of phosphoric acid groups is 2. The number of hydrogen-bond acceptors (Lipinski definition) is 15. The van der Waals surface area contributed by atoms with E-state index in [-0.39, 0.29) is 25.7 Å². The molecule has 88 heavy (non-hydrogen) atoms. The second-order valence-corrected chi connectivity index (χ2v) is 29.5. The molecule has 0 saturated heterocycles. The van der Waals surface area contributed by atoms with Gasteiger partial charge >= 0.3 is 39.5 Å². The Morgan fingerprint density at radius 3 is 0.807 bits per heavy atom. The lowest BCUT2D eigenvalue weighted by Gasteiger charge is -2.21. The third-order valence-electron chi connectivity index (χ3n) is 16.2. The van der Waals surface area contributed by atoms with Gasteiger partial charge in [0.05, 0.1) is 26.4 Å². The van der Waals surface area contributed by atoms with Crippen LogP contribution in [0.3, 0.4) is 0 Å². The molecule has 0 aromatic rings. The molecule has 0 radical (unpaired) electrons. The largest absolute Gasteiger partial charge is 0.472 e. The van der Waals surface area contributed by atoms with E-state index in [4.69, 9.17) is 37.0 Å². The summed E-state index contributed by atoms with van der Waals surface area (Å²) in [6.07, 6.45) is 40.4. The van der Waals surface area contributed by atoms with Crippen LogP contribution in [0, 0.1) is 23.7 Å². The van der Waals surface area contributed by atoms with Crippen LogP contribution in [-0.4, -0.2) is 96.7 Å². The number of aliphatic hydroxyl groups is 1. The maximum atomic E-state index is 13.0. The quantitative estimate of drug-likeness (QED) is 0.0222. The van der Waals surface area contributed by atoms with E-state index in [0.29, 0.717) is 31.6 Å². The third-order valence-corrected chi connectivity index (χ3v) is 18.1. The molecule has 19 heteroatoms. The smallest absolute Gasteiger partial charge is 0.462 e. The molecular formula is C69H134O17P2. The first kappa shape index (κ1) is 86.1. The second kappa shape index (κ2) is 58.8. The summed E-state index contributed by atoms with van der Waals surface area (Å²) in [6, 6.07) is 0. The molecule has 3 N–H and O–H groups in total. The van der Waals surface area contributed by atoms with Gasteiger partial charge in [-0.3, -0.25) is 37.3 Å². The molecule has 0 rings (SSSR count). The van der Waals surface area contributed by atoms with Gasteiger partial charge in [0.25, 0.3) is 0 Å². The predicted molar refractivity (Wildman–Crippen MR) is 354 cm³/mol. The van der Waals surface area contributed by atoms with Crippen molar-refractivity contribution < 1.29 is 80.2 Å². The highest BCUT2D eigenvalue weighted by Crippen LogP contribution is 2.45. The van der Waals surface area contributed by atoms with Crippen molar-refractivity contribution >= 4 is 39.5 Å². The fraction of sp³-hybridized carbons (Fsp3) is 0.942. The lowest BCUT2D eigenvalue weighted by atomic mass is 9.99. The molecule has 0 spiro atoms. The standard InChI is InChI=1S/C69H134O17P2/c1-9-62(8)48-40-32-23-16-13-14-18-26-35-43-51-68(73)85-64(55-79-66(71)49-41-33-24-17-12-10-11-15-21-29-37-45-59(2)3)57-83-87(75,76)81-53-63(70)54-82-88(77,78)84-58-65(86-69(74)52-44-36-28-27-31-39-47-61(6)7)56-80-67(72)50-42-34-25-20-19-22-30-38-46-60(4)5/h59-65,70H,9-58H2,1-8H3,(H,75,76)(H,77,78)/t62?,63?,64-,65-/m1/s1. The van der Waals surface area contributed by atoms with Gasteiger partial charge < -0.3 is 33.8 Å². The molecule has 0 amide bonds. The lowest BCUT2D eigenvalue weighted by Crippen LogP contribution is -2.30. The molecule has 0 saturated carbocycles. The minimum atomic E-state index is -4.95. The maximum absolute atomic E-state index is 13.0. The van der Waals surface area contributed by atoms with Crippen LogP contribution < -0.4 is 0 Å². The van der Waals surface area contributed by atoms with Crippen molar-refractivity contribution in [2.45, 2.75) is 356 Å². The Bertz CT molecular complexity index is 1750. The van der Waals surface area contributed by atoms with Gasteiger partial charge in [0.2, 0.25) is 0 Å². The van der Waals surface area contributed by atoms with Gasteiger partial charge in [-0.15, -0.1) is 0 Å². The zero-order chi connectivity index (χ0) is 65.4. The Morgan fingerprint density at radius 2 is 0.545 bits per heavy atom. The average molecular weight is 1300 g/mol. The molecule has 0 fully saturated rings. The second-order valence-electron chi connectivity index (χ2n) is 26.6. The van der Waals surface area contributed by atoms with Gasteiger partial charge in [0.15, 0.2) is 12.2 Å². The van der Waals surface area contributed by atoms with Crippen LogP contribution in [0.1, 0.15) is 338 Å². The maximum Gasteiger partial charge on any atom is 0.472 e. The molecule has 4 unspecified atom stereocenters. The zero-order valence-electron chi connectivity index (χ0n) is 57.3. The molecular weight excluding hydrogens is 1160 g/mol. The summed E-state index contributed by atoms with van der Waals surface area (Å²) >= 11 is 0. The van der Waals surface area contributed by atoms with Gasteiger partial charge in [-0.2, -0.15) is 0 Å². The topological polar surface area (TPSA) is 237 Å². The number of rotatable bonds is 66. The number of esters is 4. The predicted octanol–water partition coefficient (Wildman–Crippen LogP) is 19.3. The van der Waals surface area contributed by atoms with Crippen LogP contribution >= 0.6 is 15.6 Å². The van der Waals surface area contributed by atoms with Crippen molar-refractivity contribution in [1.82, 2.24) is 0 Å². The van der Waals surface area contributed by atoms with Crippen molar-refractivity contribution in [2.24, 2.45) is 23.7 Å². The fourth-order valence-electron chi connectivity index (χ4n) is 10.3. The number of aliphatic hydroxyl groups excluding tert-OH is 1. The average Bonchev–Trinajstić information content (AvgIpc) is 3.47. The highest BCUT2D eigenvalue weighted by molar-refractivity contribution is 7.47. The van der Waals surface area contributed by atoms with Crippen LogP contribution in [0.25, 0.3) is 0 Å². The van der Waals surface area contributed by atoms with Crippen molar-refractivity contribution in [3.8, 4) is 0 Å². The zero-order valence-corrected chi connectivity index (χ0v) is 59.1. The van der Waals surface area contributed by atoms with E-state index < -0.39 is 97.5 Å². The molecule has 0 aromatic carbocycles. The number of phosphoric ester groups is 2. The Morgan fingerprint density at radius 1 is 0.318 bits per heavy atom. The van der Waals surface area contributed by atoms with Gasteiger partial charge in [-0.1, -0.05) is 287 Å². The van der Waals surface area contributed by atoms with Crippen LogP contribution in [0.2, 0.25) is 0 Å². The van der Waals surface area contributed by atoms with E-state index in [0.717, 1.165) is 108 Å². The molecule has 0 aliphatic carbocycles. The summed E-state index contributed by atoms with van der Waals surface area (Å²) in [6.45, 7) is 14.0. The first-order valence-corrected chi connectivity index (χ1v) is 38.7. The van der Waals surface area contributed by atoms with E-state index >= 15 is 0 Å². The van der Waals surface area contributed by atoms with Crippen LogP contribution in [0.5, 0.6) is 0 Å².